The number of nitrogens with zero attached hydrogens (tertiary/aromatic N) is 3. The second-order valence-electron chi connectivity index (χ2n) is 4.71. The number of hydrogen-bond donors (Lipinski definition) is 1. The van der Waals surface area contributed by atoms with Crippen molar-refractivity contribution in [3.63, 3.8) is 0 Å². The van der Waals surface area contributed by atoms with E-state index in [4.69, 9.17) is 0 Å². The first-order valence-electron chi connectivity index (χ1n) is 6.46. The Hall–Kier alpha value is -1.20. The van der Waals surface area contributed by atoms with Crippen LogP contribution in [0.5, 0.6) is 0 Å². The van der Waals surface area contributed by atoms with Crippen molar-refractivity contribution in [1.29, 1.82) is 0 Å². The van der Waals surface area contributed by atoms with Crippen LogP contribution in [0.2, 0.25) is 0 Å². The van der Waals surface area contributed by atoms with Crippen molar-refractivity contribution in [2.45, 2.75) is 33.7 Å². The first kappa shape index (κ1) is 14.2. The SMILES string of the molecule is CCNC(C)c1nnn(-c2ccc(C)cc2Br)c1C. The van der Waals surface area contributed by atoms with Gasteiger partial charge in [-0.15, -0.1) is 5.10 Å². The highest BCUT2D eigenvalue weighted by Crippen LogP contribution is 2.24. The van der Waals surface area contributed by atoms with Crippen LogP contribution in [0.4, 0.5) is 0 Å². The summed E-state index contributed by atoms with van der Waals surface area (Å²) in [7, 11) is 0. The molecule has 1 atom stereocenters. The largest absolute Gasteiger partial charge is 0.309 e. The van der Waals surface area contributed by atoms with Crippen LogP contribution in [0.15, 0.2) is 22.7 Å². The second kappa shape index (κ2) is 5.84. The Morgan fingerprint density at radius 2 is 2.11 bits per heavy atom. The molecule has 0 aliphatic carbocycles. The molecule has 2 rings (SSSR count). The molecule has 1 aromatic carbocycles. The van der Waals surface area contributed by atoms with Gasteiger partial charge < -0.3 is 5.32 Å². The molecule has 1 aromatic heterocycles. The number of nitrogens with one attached hydrogen (secondary N) is 1. The average molecular weight is 323 g/mol. The Bertz CT molecular complexity index is 577. The number of hydrogen-bond acceptors (Lipinski definition) is 3. The molecule has 0 bridgehead atoms. The van der Waals surface area contributed by atoms with Crippen LogP contribution in [0.1, 0.15) is 36.8 Å². The molecule has 1 N–H and O–H groups in total. The fraction of sp³-hybridized carbons (Fsp3) is 0.429. The van der Waals surface area contributed by atoms with Gasteiger partial charge in [0.2, 0.25) is 0 Å². The molecule has 1 heterocycles. The third-order valence-electron chi connectivity index (χ3n) is 3.18. The zero-order valence-electron chi connectivity index (χ0n) is 11.7. The minimum absolute atomic E-state index is 0.211. The van der Waals surface area contributed by atoms with Gasteiger partial charge in [-0.25, -0.2) is 4.68 Å². The van der Waals surface area contributed by atoms with Gasteiger partial charge in [-0.3, -0.25) is 0 Å². The average Bonchev–Trinajstić information content (AvgIpc) is 2.72. The lowest BCUT2D eigenvalue weighted by molar-refractivity contribution is 0.579. The Balaban J connectivity index is 2.41. The van der Waals surface area contributed by atoms with E-state index in [1.807, 2.05) is 4.68 Å². The van der Waals surface area contributed by atoms with Gasteiger partial charge in [0.15, 0.2) is 0 Å². The number of benzene rings is 1. The van der Waals surface area contributed by atoms with Crippen molar-refractivity contribution in [2.75, 3.05) is 6.54 Å². The quantitative estimate of drug-likeness (QED) is 0.939. The Labute approximate surface area is 122 Å². The van der Waals surface area contributed by atoms with Crippen LogP contribution in [0.25, 0.3) is 5.69 Å². The van der Waals surface area contributed by atoms with Crippen LogP contribution >= 0.6 is 15.9 Å². The third-order valence-corrected chi connectivity index (χ3v) is 3.82. The van der Waals surface area contributed by atoms with Gasteiger partial charge in [-0.05, 0) is 60.9 Å². The van der Waals surface area contributed by atoms with Gasteiger partial charge in [-0.1, -0.05) is 18.2 Å². The van der Waals surface area contributed by atoms with Crippen molar-refractivity contribution < 1.29 is 0 Å². The molecule has 0 amide bonds. The van der Waals surface area contributed by atoms with E-state index in [0.717, 1.165) is 28.1 Å². The highest BCUT2D eigenvalue weighted by molar-refractivity contribution is 9.10. The van der Waals surface area contributed by atoms with Gasteiger partial charge in [0.25, 0.3) is 0 Å². The molecule has 1 unspecified atom stereocenters. The van der Waals surface area contributed by atoms with Crippen molar-refractivity contribution >= 4 is 15.9 Å². The van der Waals surface area contributed by atoms with E-state index >= 15 is 0 Å². The summed E-state index contributed by atoms with van der Waals surface area (Å²) < 4.78 is 2.91. The first-order valence-corrected chi connectivity index (χ1v) is 7.26. The molecule has 0 aliphatic rings. The minimum Gasteiger partial charge on any atom is -0.309 e. The van der Waals surface area contributed by atoms with E-state index in [1.165, 1.54) is 5.56 Å². The maximum absolute atomic E-state index is 4.30. The molecule has 5 heteroatoms. The summed E-state index contributed by atoms with van der Waals surface area (Å²) in [6.45, 7) is 9.24. The predicted molar refractivity (Wildman–Crippen MR) is 80.6 cm³/mol. The fourth-order valence-corrected chi connectivity index (χ4v) is 2.82. The van der Waals surface area contributed by atoms with Gasteiger partial charge >= 0.3 is 0 Å². The zero-order chi connectivity index (χ0) is 14.0. The summed E-state index contributed by atoms with van der Waals surface area (Å²) in [5.41, 5.74) is 4.30. The summed E-state index contributed by atoms with van der Waals surface area (Å²) in [6, 6.07) is 6.43. The number of aryl methyl sites for hydroxylation is 1. The first-order chi connectivity index (χ1) is 9.04. The molecule has 102 valence electrons. The lowest BCUT2D eigenvalue weighted by Gasteiger charge is -2.11. The molecule has 4 nitrogen and oxygen atoms in total. The maximum atomic E-state index is 4.30. The van der Waals surface area contributed by atoms with Crippen LogP contribution in [0, 0.1) is 13.8 Å². The monoisotopic (exact) mass is 322 g/mol. The molecule has 0 aliphatic heterocycles. The summed E-state index contributed by atoms with van der Waals surface area (Å²) in [5, 5.41) is 11.9. The normalized spacial score (nSPS) is 12.7. The molecule has 0 radical (unpaired) electrons. The van der Waals surface area contributed by atoms with Gasteiger partial charge in [0, 0.05) is 4.47 Å². The molecule has 0 spiro atoms. The molecule has 0 saturated carbocycles. The zero-order valence-corrected chi connectivity index (χ0v) is 13.3. The van der Waals surface area contributed by atoms with E-state index in [0.29, 0.717) is 0 Å². The van der Waals surface area contributed by atoms with Gasteiger partial charge in [0.1, 0.15) is 5.69 Å². The topological polar surface area (TPSA) is 42.7 Å². The minimum atomic E-state index is 0.211. The van der Waals surface area contributed by atoms with E-state index in [9.17, 15) is 0 Å². The lowest BCUT2D eigenvalue weighted by atomic mass is 10.2. The van der Waals surface area contributed by atoms with Crippen molar-refractivity contribution in [1.82, 2.24) is 20.3 Å². The van der Waals surface area contributed by atoms with E-state index in [-0.39, 0.29) is 6.04 Å². The van der Waals surface area contributed by atoms with E-state index in [1.54, 1.807) is 0 Å². The number of halogens is 1. The molecule has 19 heavy (non-hydrogen) atoms. The van der Waals surface area contributed by atoms with Crippen molar-refractivity contribution in [2.24, 2.45) is 0 Å². The highest BCUT2D eigenvalue weighted by Gasteiger charge is 2.16. The van der Waals surface area contributed by atoms with Gasteiger partial charge in [-0.2, -0.15) is 0 Å². The summed E-state index contributed by atoms with van der Waals surface area (Å²) in [4.78, 5) is 0. The Morgan fingerprint density at radius 1 is 1.37 bits per heavy atom. The number of aromatic nitrogens is 3. The molecular formula is C14H19BrN4. The summed E-state index contributed by atoms with van der Waals surface area (Å²) in [5.74, 6) is 0. The Kier molecular flexibility index (Phi) is 4.37. The number of rotatable bonds is 4. The molecular weight excluding hydrogens is 304 g/mol. The van der Waals surface area contributed by atoms with Crippen LogP contribution < -0.4 is 5.32 Å². The highest BCUT2D eigenvalue weighted by atomic mass is 79.9. The standard InChI is InChI=1S/C14H19BrN4/c1-5-16-10(3)14-11(4)19(18-17-14)13-7-6-9(2)8-12(13)15/h6-8,10,16H,5H2,1-4H3. The predicted octanol–water partition coefficient (Wildman–Crippen LogP) is 3.32. The van der Waals surface area contributed by atoms with Crippen molar-refractivity contribution in [3.05, 3.63) is 39.6 Å². The van der Waals surface area contributed by atoms with Crippen LogP contribution in [-0.4, -0.2) is 21.5 Å². The summed E-state index contributed by atoms with van der Waals surface area (Å²) in [6.07, 6.45) is 0. The van der Waals surface area contributed by atoms with Crippen LogP contribution in [0.3, 0.4) is 0 Å². The Morgan fingerprint density at radius 3 is 2.74 bits per heavy atom. The smallest absolute Gasteiger partial charge is 0.103 e. The van der Waals surface area contributed by atoms with E-state index in [2.05, 4.69) is 77.5 Å². The molecule has 0 fully saturated rings. The van der Waals surface area contributed by atoms with E-state index < -0.39 is 0 Å². The second-order valence-corrected chi connectivity index (χ2v) is 5.56. The summed E-state index contributed by atoms with van der Waals surface area (Å²) >= 11 is 3.59. The molecule has 0 saturated heterocycles. The fourth-order valence-electron chi connectivity index (χ4n) is 2.16. The maximum Gasteiger partial charge on any atom is 0.103 e. The van der Waals surface area contributed by atoms with Gasteiger partial charge in [0.05, 0.1) is 17.4 Å². The third kappa shape index (κ3) is 2.87. The lowest BCUT2D eigenvalue weighted by Crippen LogP contribution is -2.19. The van der Waals surface area contributed by atoms with Crippen molar-refractivity contribution in [3.8, 4) is 5.69 Å². The van der Waals surface area contributed by atoms with Crippen LogP contribution in [-0.2, 0) is 0 Å². The molecule has 2 aromatic rings.